The quantitative estimate of drug-likeness (QED) is 0.899. The summed E-state index contributed by atoms with van der Waals surface area (Å²) >= 11 is 1.81. The molecular formula is C17H24N6OS. The van der Waals surface area contributed by atoms with Crippen LogP contribution in [-0.2, 0) is 17.9 Å². The smallest absolute Gasteiger partial charge is 0.231 e. The number of tetrazole rings is 1. The SMILES string of the molecule is O=C(NC1CCN(Cc2cccs2)CC1)[C@H]1CCCCn2nnnc21. The van der Waals surface area contributed by atoms with Crippen molar-refractivity contribution in [3.05, 3.63) is 28.2 Å². The van der Waals surface area contributed by atoms with Crippen LogP contribution in [0.4, 0.5) is 0 Å². The van der Waals surface area contributed by atoms with Crippen LogP contribution in [0, 0.1) is 0 Å². The molecule has 1 saturated heterocycles. The Bertz CT molecular complexity index is 692. The third-order valence-electron chi connectivity index (χ3n) is 5.19. The number of hydrogen-bond acceptors (Lipinski definition) is 6. The molecular weight excluding hydrogens is 336 g/mol. The number of nitrogens with one attached hydrogen (secondary N) is 1. The van der Waals surface area contributed by atoms with Gasteiger partial charge in [-0.2, -0.15) is 0 Å². The Balaban J connectivity index is 1.30. The number of likely N-dealkylation sites (tertiary alicyclic amines) is 1. The van der Waals surface area contributed by atoms with E-state index in [0.29, 0.717) is 0 Å². The fraction of sp³-hybridized carbons (Fsp3) is 0.647. The second-order valence-corrected chi connectivity index (χ2v) is 7.98. The van der Waals surface area contributed by atoms with Crippen molar-refractivity contribution in [2.75, 3.05) is 13.1 Å². The van der Waals surface area contributed by atoms with Crippen LogP contribution in [0.3, 0.4) is 0 Å². The first-order valence-corrected chi connectivity index (χ1v) is 9.99. The summed E-state index contributed by atoms with van der Waals surface area (Å²) in [5, 5.41) is 17.2. The Hall–Kier alpha value is -1.80. The molecule has 1 atom stereocenters. The van der Waals surface area contributed by atoms with E-state index in [1.807, 2.05) is 11.3 Å². The minimum absolute atomic E-state index is 0.0923. The Labute approximate surface area is 151 Å². The molecule has 0 aliphatic carbocycles. The van der Waals surface area contributed by atoms with Gasteiger partial charge in [-0.05, 0) is 47.6 Å². The van der Waals surface area contributed by atoms with Gasteiger partial charge in [0.1, 0.15) is 0 Å². The summed E-state index contributed by atoms with van der Waals surface area (Å²) in [7, 11) is 0. The number of amides is 1. The minimum Gasteiger partial charge on any atom is -0.353 e. The van der Waals surface area contributed by atoms with Gasteiger partial charge in [-0.15, -0.1) is 16.4 Å². The molecule has 25 heavy (non-hydrogen) atoms. The number of carbonyl (C=O) groups is 1. The van der Waals surface area contributed by atoms with E-state index in [4.69, 9.17) is 0 Å². The average molecular weight is 360 g/mol. The number of piperidine rings is 1. The highest BCUT2D eigenvalue weighted by Gasteiger charge is 2.30. The van der Waals surface area contributed by atoms with E-state index < -0.39 is 0 Å². The molecule has 1 N–H and O–H groups in total. The first kappa shape index (κ1) is 16.7. The van der Waals surface area contributed by atoms with Crippen LogP contribution >= 0.6 is 11.3 Å². The van der Waals surface area contributed by atoms with Crippen LogP contribution in [0.1, 0.15) is 48.7 Å². The molecule has 0 aromatic carbocycles. The number of rotatable bonds is 4. The van der Waals surface area contributed by atoms with Crippen LogP contribution in [0.5, 0.6) is 0 Å². The molecule has 7 nitrogen and oxygen atoms in total. The molecule has 2 aliphatic rings. The average Bonchev–Trinajstić information content (AvgIpc) is 3.25. The van der Waals surface area contributed by atoms with E-state index in [-0.39, 0.29) is 17.9 Å². The number of aryl methyl sites for hydroxylation is 1. The molecule has 0 spiro atoms. The Morgan fingerprint density at radius 3 is 2.92 bits per heavy atom. The lowest BCUT2D eigenvalue weighted by molar-refractivity contribution is -0.124. The van der Waals surface area contributed by atoms with E-state index >= 15 is 0 Å². The van der Waals surface area contributed by atoms with Gasteiger partial charge in [-0.25, -0.2) is 4.68 Å². The third-order valence-corrected chi connectivity index (χ3v) is 6.06. The predicted octanol–water partition coefficient (Wildman–Crippen LogP) is 1.78. The molecule has 1 fully saturated rings. The normalized spacial score (nSPS) is 22.3. The molecule has 2 aliphatic heterocycles. The number of thiophene rings is 1. The van der Waals surface area contributed by atoms with Crippen LogP contribution < -0.4 is 5.32 Å². The fourth-order valence-electron chi connectivity index (χ4n) is 3.77. The van der Waals surface area contributed by atoms with E-state index in [1.165, 1.54) is 4.88 Å². The van der Waals surface area contributed by atoms with Crippen molar-refractivity contribution >= 4 is 17.2 Å². The number of hydrogen-bond donors (Lipinski definition) is 1. The molecule has 0 bridgehead atoms. The predicted molar refractivity (Wildman–Crippen MR) is 95.2 cm³/mol. The topological polar surface area (TPSA) is 75.9 Å². The summed E-state index contributed by atoms with van der Waals surface area (Å²) in [4.78, 5) is 16.7. The van der Waals surface area contributed by atoms with Crippen molar-refractivity contribution in [1.82, 2.24) is 30.4 Å². The molecule has 2 aromatic rings. The molecule has 0 saturated carbocycles. The monoisotopic (exact) mass is 360 g/mol. The standard InChI is InChI=1S/C17H24N6OS/c24-17(15-5-1-2-8-23-16(15)19-20-21-23)18-13-6-9-22(10-7-13)12-14-4-3-11-25-14/h3-4,11,13,15H,1-2,5-10,12H2,(H,18,24)/t15-/m0/s1. The van der Waals surface area contributed by atoms with Gasteiger partial charge in [0.25, 0.3) is 0 Å². The van der Waals surface area contributed by atoms with Crippen molar-refractivity contribution in [3.8, 4) is 0 Å². The highest BCUT2D eigenvalue weighted by molar-refractivity contribution is 7.09. The van der Waals surface area contributed by atoms with Gasteiger partial charge < -0.3 is 5.32 Å². The number of carbonyl (C=O) groups excluding carboxylic acids is 1. The summed E-state index contributed by atoms with van der Waals surface area (Å²) in [6.07, 6.45) is 4.91. The van der Waals surface area contributed by atoms with E-state index in [1.54, 1.807) is 4.68 Å². The lowest BCUT2D eigenvalue weighted by Crippen LogP contribution is -2.45. The Kier molecular flexibility index (Phi) is 5.07. The lowest BCUT2D eigenvalue weighted by Gasteiger charge is -2.32. The molecule has 0 radical (unpaired) electrons. The van der Waals surface area contributed by atoms with Gasteiger partial charge in [0.2, 0.25) is 5.91 Å². The van der Waals surface area contributed by atoms with Crippen molar-refractivity contribution in [1.29, 1.82) is 0 Å². The second-order valence-electron chi connectivity index (χ2n) is 6.95. The molecule has 0 unspecified atom stereocenters. The summed E-state index contributed by atoms with van der Waals surface area (Å²) in [6, 6.07) is 4.56. The number of fused-ring (bicyclic) bond motifs is 1. The van der Waals surface area contributed by atoms with Crippen LogP contribution in [0.25, 0.3) is 0 Å². The van der Waals surface area contributed by atoms with Crippen LogP contribution in [-0.4, -0.2) is 50.1 Å². The molecule has 4 rings (SSSR count). The first-order valence-electron chi connectivity index (χ1n) is 9.11. The summed E-state index contributed by atoms with van der Waals surface area (Å²) in [5.74, 6) is 0.612. The van der Waals surface area contributed by atoms with Crippen molar-refractivity contribution in [2.24, 2.45) is 0 Å². The van der Waals surface area contributed by atoms with E-state index in [9.17, 15) is 4.79 Å². The molecule has 8 heteroatoms. The van der Waals surface area contributed by atoms with E-state index in [0.717, 1.165) is 64.1 Å². The minimum atomic E-state index is -0.207. The zero-order chi connectivity index (χ0) is 17.1. The van der Waals surface area contributed by atoms with Crippen molar-refractivity contribution in [3.63, 3.8) is 0 Å². The number of aromatic nitrogens is 4. The van der Waals surface area contributed by atoms with Gasteiger partial charge >= 0.3 is 0 Å². The highest BCUT2D eigenvalue weighted by Crippen LogP contribution is 2.25. The number of nitrogens with zero attached hydrogens (tertiary/aromatic N) is 5. The fourth-order valence-corrected chi connectivity index (χ4v) is 4.51. The summed E-state index contributed by atoms with van der Waals surface area (Å²) in [6.45, 7) is 3.90. The van der Waals surface area contributed by atoms with Gasteiger partial charge in [0, 0.05) is 37.1 Å². The van der Waals surface area contributed by atoms with Gasteiger partial charge in [-0.1, -0.05) is 12.5 Å². The first-order chi connectivity index (χ1) is 12.3. The van der Waals surface area contributed by atoms with Gasteiger partial charge in [0.05, 0.1) is 5.92 Å². The maximum atomic E-state index is 12.8. The summed E-state index contributed by atoms with van der Waals surface area (Å²) in [5.41, 5.74) is 0. The second kappa shape index (κ2) is 7.61. The Morgan fingerprint density at radius 2 is 2.12 bits per heavy atom. The zero-order valence-corrected chi connectivity index (χ0v) is 15.1. The highest BCUT2D eigenvalue weighted by atomic mass is 32.1. The van der Waals surface area contributed by atoms with Crippen molar-refractivity contribution < 1.29 is 4.79 Å². The molecule has 1 amide bonds. The zero-order valence-electron chi connectivity index (χ0n) is 14.3. The molecule has 134 valence electrons. The molecule has 4 heterocycles. The van der Waals surface area contributed by atoms with Crippen molar-refractivity contribution in [2.45, 2.75) is 57.2 Å². The largest absolute Gasteiger partial charge is 0.353 e. The van der Waals surface area contributed by atoms with Gasteiger partial charge in [0.15, 0.2) is 5.82 Å². The van der Waals surface area contributed by atoms with Crippen LogP contribution in [0.2, 0.25) is 0 Å². The Morgan fingerprint density at radius 1 is 1.24 bits per heavy atom. The van der Waals surface area contributed by atoms with Crippen LogP contribution in [0.15, 0.2) is 17.5 Å². The maximum Gasteiger partial charge on any atom is 0.231 e. The third kappa shape index (κ3) is 3.90. The summed E-state index contributed by atoms with van der Waals surface area (Å²) < 4.78 is 1.79. The molecule has 2 aromatic heterocycles. The maximum absolute atomic E-state index is 12.8. The van der Waals surface area contributed by atoms with Gasteiger partial charge in [-0.3, -0.25) is 9.69 Å². The lowest BCUT2D eigenvalue weighted by atomic mass is 9.99. The van der Waals surface area contributed by atoms with E-state index in [2.05, 4.69) is 43.3 Å².